The summed E-state index contributed by atoms with van der Waals surface area (Å²) in [4.78, 5) is 10.5. The molecular weight excluding hydrogens is 270 g/mol. The summed E-state index contributed by atoms with van der Waals surface area (Å²) >= 11 is 5.75. The Hall–Kier alpha value is -2.31. The number of rotatable bonds is 4. The quantitative estimate of drug-likeness (QED) is 0.509. The van der Waals surface area contributed by atoms with E-state index in [1.54, 1.807) is 30.3 Å². The molecule has 0 heterocycles. The molecule has 0 fully saturated rings. The van der Waals surface area contributed by atoms with Crippen LogP contribution in [0.25, 0.3) is 0 Å². The van der Waals surface area contributed by atoms with Gasteiger partial charge in [0.2, 0.25) is 5.75 Å². The molecule has 0 amide bonds. The molecule has 7 heteroatoms. The lowest BCUT2D eigenvalue weighted by molar-refractivity contribution is -0.384. The Bertz CT molecular complexity index is 602. The van der Waals surface area contributed by atoms with Crippen LogP contribution in [0, 0.1) is 10.1 Å². The summed E-state index contributed by atoms with van der Waals surface area (Å²) < 4.78 is 5.47. The van der Waals surface area contributed by atoms with Crippen molar-refractivity contribution >= 4 is 23.0 Å². The lowest BCUT2D eigenvalue weighted by Gasteiger charge is -2.08. The molecule has 0 bridgehead atoms. The molecule has 0 atom stereocenters. The highest BCUT2D eigenvalue weighted by Crippen LogP contribution is 2.37. The average Bonchev–Trinajstić information content (AvgIpc) is 2.40. The minimum atomic E-state index is -0.555. The van der Waals surface area contributed by atoms with Crippen molar-refractivity contribution in [3.8, 4) is 11.5 Å². The predicted molar refractivity (Wildman–Crippen MR) is 72.4 cm³/mol. The maximum Gasteiger partial charge on any atom is 0.335 e. The molecule has 2 rings (SSSR count). The molecule has 3 N–H and O–H groups in total. The number of nitrogens with one attached hydrogen (secondary N) is 1. The highest BCUT2D eigenvalue weighted by molar-refractivity contribution is 6.30. The van der Waals surface area contributed by atoms with Gasteiger partial charge in [-0.25, -0.2) is 0 Å². The van der Waals surface area contributed by atoms with Gasteiger partial charge in [-0.2, -0.15) is 0 Å². The van der Waals surface area contributed by atoms with E-state index in [9.17, 15) is 10.1 Å². The largest absolute Gasteiger partial charge is 0.450 e. The SMILES string of the molecule is NNc1cccc(Oc2ccc(Cl)cc2)c1[N+](=O)[O-]. The third kappa shape index (κ3) is 2.93. The van der Waals surface area contributed by atoms with Gasteiger partial charge in [-0.05, 0) is 36.4 Å². The van der Waals surface area contributed by atoms with Crippen molar-refractivity contribution in [2.45, 2.75) is 0 Å². The van der Waals surface area contributed by atoms with Crippen LogP contribution in [-0.2, 0) is 0 Å². The Kier molecular flexibility index (Phi) is 3.84. The van der Waals surface area contributed by atoms with Crippen LogP contribution in [0.4, 0.5) is 11.4 Å². The monoisotopic (exact) mass is 279 g/mol. The molecule has 2 aromatic rings. The Balaban J connectivity index is 2.39. The smallest absolute Gasteiger partial charge is 0.335 e. The average molecular weight is 280 g/mol. The second kappa shape index (κ2) is 5.55. The van der Waals surface area contributed by atoms with Crippen LogP contribution in [0.15, 0.2) is 42.5 Å². The van der Waals surface area contributed by atoms with E-state index in [0.29, 0.717) is 10.8 Å². The first kappa shape index (κ1) is 13.1. The number of anilines is 1. The van der Waals surface area contributed by atoms with E-state index < -0.39 is 4.92 Å². The molecule has 0 saturated heterocycles. The summed E-state index contributed by atoms with van der Waals surface area (Å²) in [6, 6.07) is 11.1. The predicted octanol–water partition coefficient (Wildman–Crippen LogP) is 3.33. The minimum Gasteiger partial charge on any atom is -0.450 e. The lowest BCUT2D eigenvalue weighted by atomic mass is 10.2. The van der Waals surface area contributed by atoms with Gasteiger partial charge in [0, 0.05) is 5.02 Å². The lowest BCUT2D eigenvalue weighted by Crippen LogP contribution is -2.09. The zero-order valence-corrected chi connectivity index (χ0v) is 10.4. The summed E-state index contributed by atoms with van der Waals surface area (Å²) in [5.74, 6) is 5.79. The van der Waals surface area contributed by atoms with Crippen LogP contribution in [0.3, 0.4) is 0 Å². The van der Waals surface area contributed by atoms with Crippen molar-refractivity contribution in [1.82, 2.24) is 0 Å². The van der Waals surface area contributed by atoms with E-state index in [1.807, 2.05) is 0 Å². The first-order chi connectivity index (χ1) is 9.11. The van der Waals surface area contributed by atoms with Gasteiger partial charge in [0.15, 0.2) is 0 Å². The van der Waals surface area contributed by atoms with Crippen LogP contribution < -0.4 is 16.0 Å². The van der Waals surface area contributed by atoms with Gasteiger partial charge < -0.3 is 10.2 Å². The third-order valence-electron chi connectivity index (χ3n) is 2.38. The minimum absolute atomic E-state index is 0.0998. The fourth-order valence-corrected chi connectivity index (χ4v) is 1.67. The first-order valence-corrected chi connectivity index (χ1v) is 5.67. The second-order valence-electron chi connectivity index (χ2n) is 3.61. The van der Waals surface area contributed by atoms with Gasteiger partial charge in [-0.1, -0.05) is 17.7 Å². The van der Waals surface area contributed by atoms with E-state index >= 15 is 0 Å². The number of hydrazine groups is 1. The van der Waals surface area contributed by atoms with Crippen molar-refractivity contribution < 1.29 is 9.66 Å². The van der Waals surface area contributed by atoms with E-state index in [-0.39, 0.29) is 17.1 Å². The summed E-state index contributed by atoms with van der Waals surface area (Å²) in [5.41, 5.74) is 2.22. The van der Waals surface area contributed by atoms with Crippen molar-refractivity contribution in [1.29, 1.82) is 0 Å². The highest BCUT2D eigenvalue weighted by Gasteiger charge is 2.20. The Labute approximate surface area is 113 Å². The summed E-state index contributed by atoms with van der Waals surface area (Å²) in [6.07, 6.45) is 0. The maximum absolute atomic E-state index is 11.1. The van der Waals surface area contributed by atoms with E-state index in [2.05, 4.69) is 5.43 Å². The third-order valence-corrected chi connectivity index (χ3v) is 2.63. The number of benzene rings is 2. The molecule has 0 aromatic heterocycles. The molecule has 19 heavy (non-hydrogen) atoms. The van der Waals surface area contributed by atoms with Crippen molar-refractivity contribution in [3.05, 3.63) is 57.6 Å². The number of nitrogens with zero attached hydrogens (tertiary/aromatic N) is 1. The van der Waals surface area contributed by atoms with Crippen LogP contribution >= 0.6 is 11.6 Å². The zero-order valence-electron chi connectivity index (χ0n) is 9.67. The van der Waals surface area contributed by atoms with Gasteiger partial charge >= 0.3 is 5.69 Å². The number of nitro benzene ring substituents is 1. The molecular formula is C12H10ClN3O3. The van der Waals surface area contributed by atoms with Crippen LogP contribution in [-0.4, -0.2) is 4.92 Å². The van der Waals surface area contributed by atoms with Gasteiger partial charge in [0.1, 0.15) is 11.4 Å². The topological polar surface area (TPSA) is 90.4 Å². The van der Waals surface area contributed by atoms with Gasteiger partial charge in [-0.15, -0.1) is 0 Å². The number of halogens is 1. The fraction of sp³-hybridized carbons (Fsp3) is 0. The molecule has 0 radical (unpaired) electrons. The van der Waals surface area contributed by atoms with Crippen LogP contribution in [0.5, 0.6) is 11.5 Å². The maximum atomic E-state index is 11.1. The van der Waals surface area contributed by atoms with Gasteiger partial charge in [0.05, 0.1) is 4.92 Å². The number of nitrogens with two attached hydrogens (primary N) is 1. The number of ether oxygens (including phenoxy) is 1. The molecule has 98 valence electrons. The summed E-state index contributed by atoms with van der Waals surface area (Å²) in [5, 5.41) is 11.6. The Morgan fingerprint density at radius 2 is 1.89 bits per heavy atom. The van der Waals surface area contributed by atoms with Gasteiger partial charge in [0.25, 0.3) is 0 Å². The number of hydrogen-bond acceptors (Lipinski definition) is 5. The second-order valence-corrected chi connectivity index (χ2v) is 4.05. The molecule has 2 aromatic carbocycles. The molecule has 0 aliphatic rings. The standard InChI is InChI=1S/C12H10ClN3O3/c13-8-4-6-9(7-5-8)19-11-3-1-2-10(15-14)12(11)16(17)18/h1-7,15H,14H2. The molecule has 0 spiro atoms. The number of para-hydroxylation sites is 1. The first-order valence-electron chi connectivity index (χ1n) is 5.29. The molecule has 6 nitrogen and oxygen atoms in total. The van der Waals surface area contributed by atoms with E-state index in [4.69, 9.17) is 22.2 Å². The number of hydrogen-bond donors (Lipinski definition) is 2. The zero-order chi connectivity index (χ0) is 13.8. The van der Waals surface area contributed by atoms with Crippen LogP contribution in [0.2, 0.25) is 5.02 Å². The molecule has 0 aliphatic carbocycles. The fourth-order valence-electron chi connectivity index (χ4n) is 1.54. The van der Waals surface area contributed by atoms with Crippen molar-refractivity contribution in [2.75, 3.05) is 5.43 Å². The normalized spacial score (nSPS) is 10.0. The van der Waals surface area contributed by atoms with Crippen molar-refractivity contribution in [3.63, 3.8) is 0 Å². The number of nitrogen functional groups attached to an aromatic ring is 1. The molecule has 0 unspecified atom stereocenters. The van der Waals surface area contributed by atoms with Crippen molar-refractivity contribution in [2.24, 2.45) is 5.84 Å². The summed E-state index contributed by atoms with van der Waals surface area (Å²) in [6.45, 7) is 0. The molecule has 0 aliphatic heterocycles. The Morgan fingerprint density at radius 1 is 1.21 bits per heavy atom. The highest BCUT2D eigenvalue weighted by atomic mass is 35.5. The number of nitro groups is 1. The van der Waals surface area contributed by atoms with Crippen LogP contribution in [0.1, 0.15) is 0 Å². The van der Waals surface area contributed by atoms with Gasteiger partial charge in [-0.3, -0.25) is 16.0 Å². The summed E-state index contributed by atoms with van der Waals surface area (Å²) in [7, 11) is 0. The van der Waals surface area contributed by atoms with E-state index in [1.165, 1.54) is 12.1 Å². The van der Waals surface area contributed by atoms with E-state index in [0.717, 1.165) is 0 Å². The Morgan fingerprint density at radius 3 is 2.47 bits per heavy atom. The molecule has 0 saturated carbocycles.